The average Bonchev–Trinajstić information content (AvgIpc) is 2.63. The van der Waals surface area contributed by atoms with E-state index in [0.717, 1.165) is 13.0 Å². The first-order valence-electron chi connectivity index (χ1n) is 6.83. The highest BCUT2D eigenvalue weighted by Gasteiger charge is 2.07. The topological polar surface area (TPSA) is 24.9 Å². The van der Waals surface area contributed by atoms with Crippen molar-refractivity contribution in [3.63, 3.8) is 0 Å². The zero-order valence-corrected chi connectivity index (χ0v) is 12.5. The first-order valence-corrected chi connectivity index (χ1v) is 7.65. The Morgan fingerprint density at radius 2 is 2.06 bits per heavy atom. The molecular weight excluding hydrogens is 228 g/mol. The Balaban J connectivity index is 2.26. The van der Waals surface area contributed by atoms with Gasteiger partial charge in [0.2, 0.25) is 0 Å². The molecule has 0 spiro atoms. The fourth-order valence-corrected chi connectivity index (χ4v) is 2.92. The highest BCUT2D eigenvalue weighted by atomic mass is 32.1. The zero-order valence-electron chi connectivity index (χ0n) is 11.7. The van der Waals surface area contributed by atoms with Crippen LogP contribution in [0.25, 0.3) is 0 Å². The molecule has 0 saturated heterocycles. The van der Waals surface area contributed by atoms with Gasteiger partial charge in [0, 0.05) is 10.9 Å². The first-order chi connectivity index (χ1) is 8.17. The summed E-state index contributed by atoms with van der Waals surface area (Å²) >= 11 is 1.86. The fourth-order valence-electron chi connectivity index (χ4n) is 1.94. The van der Waals surface area contributed by atoms with Gasteiger partial charge in [0.05, 0.1) is 10.7 Å². The van der Waals surface area contributed by atoms with E-state index < -0.39 is 0 Å². The van der Waals surface area contributed by atoms with Gasteiger partial charge in [0.25, 0.3) is 0 Å². The summed E-state index contributed by atoms with van der Waals surface area (Å²) in [4.78, 5) is 5.96. The van der Waals surface area contributed by atoms with Crippen molar-refractivity contribution in [3.8, 4) is 0 Å². The van der Waals surface area contributed by atoms with Crippen molar-refractivity contribution in [2.24, 2.45) is 0 Å². The Morgan fingerprint density at radius 1 is 1.29 bits per heavy atom. The summed E-state index contributed by atoms with van der Waals surface area (Å²) in [5.74, 6) is 0. The molecule has 98 valence electrons. The summed E-state index contributed by atoms with van der Waals surface area (Å²) in [5, 5.41) is 4.92. The largest absolute Gasteiger partial charge is 0.314 e. The highest BCUT2D eigenvalue weighted by Crippen LogP contribution is 2.18. The monoisotopic (exact) mass is 254 g/mol. The van der Waals surface area contributed by atoms with Crippen LogP contribution in [-0.4, -0.2) is 17.6 Å². The van der Waals surface area contributed by atoms with Crippen LogP contribution in [-0.2, 0) is 6.42 Å². The van der Waals surface area contributed by atoms with Crippen LogP contribution >= 0.6 is 11.3 Å². The fraction of sp³-hybridized carbons (Fsp3) is 0.786. The molecule has 2 nitrogen and oxygen atoms in total. The van der Waals surface area contributed by atoms with Gasteiger partial charge in [-0.3, -0.25) is 0 Å². The van der Waals surface area contributed by atoms with Crippen molar-refractivity contribution in [2.75, 3.05) is 6.54 Å². The molecule has 0 aliphatic heterocycles. The van der Waals surface area contributed by atoms with E-state index in [1.807, 2.05) is 11.3 Å². The van der Waals surface area contributed by atoms with Crippen LogP contribution in [0, 0.1) is 13.8 Å². The van der Waals surface area contributed by atoms with Crippen LogP contribution in [0.1, 0.15) is 55.1 Å². The van der Waals surface area contributed by atoms with Gasteiger partial charge in [-0.25, -0.2) is 4.98 Å². The Kier molecular flexibility index (Phi) is 6.75. The molecule has 1 N–H and O–H groups in total. The number of nitrogens with zero attached hydrogens (tertiary/aromatic N) is 1. The normalized spacial score (nSPS) is 12.9. The maximum Gasteiger partial charge on any atom is 0.0930 e. The molecule has 3 heteroatoms. The zero-order chi connectivity index (χ0) is 12.7. The summed E-state index contributed by atoms with van der Waals surface area (Å²) in [7, 11) is 0. The number of hydrogen-bond donors (Lipinski definition) is 1. The van der Waals surface area contributed by atoms with Gasteiger partial charge >= 0.3 is 0 Å². The molecule has 1 aromatic heterocycles. The molecule has 1 aromatic rings. The van der Waals surface area contributed by atoms with Gasteiger partial charge in [-0.1, -0.05) is 13.8 Å². The minimum absolute atomic E-state index is 0.692. The highest BCUT2D eigenvalue weighted by molar-refractivity contribution is 7.11. The molecule has 0 aliphatic rings. The van der Waals surface area contributed by atoms with E-state index in [0.29, 0.717) is 6.04 Å². The predicted molar refractivity (Wildman–Crippen MR) is 76.9 cm³/mol. The van der Waals surface area contributed by atoms with E-state index in [4.69, 9.17) is 0 Å². The second-order valence-electron chi connectivity index (χ2n) is 4.70. The van der Waals surface area contributed by atoms with Gasteiger partial charge in [0.15, 0.2) is 0 Å². The van der Waals surface area contributed by atoms with E-state index >= 15 is 0 Å². The van der Waals surface area contributed by atoms with Gasteiger partial charge in [-0.05, 0) is 52.5 Å². The van der Waals surface area contributed by atoms with Crippen molar-refractivity contribution >= 4 is 11.3 Å². The smallest absolute Gasteiger partial charge is 0.0930 e. The van der Waals surface area contributed by atoms with E-state index in [2.05, 4.69) is 38.0 Å². The molecule has 0 fully saturated rings. The minimum Gasteiger partial charge on any atom is -0.314 e. The maximum absolute atomic E-state index is 4.59. The second-order valence-corrected chi connectivity index (χ2v) is 5.99. The Labute approximate surface area is 110 Å². The molecule has 1 rings (SSSR count). The van der Waals surface area contributed by atoms with E-state index in [1.54, 1.807) is 0 Å². The van der Waals surface area contributed by atoms with E-state index in [-0.39, 0.29) is 0 Å². The number of rotatable bonds is 8. The molecule has 0 saturated carbocycles. The maximum atomic E-state index is 4.59. The van der Waals surface area contributed by atoms with Crippen molar-refractivity contribution in [1.29, 1.82) is 0 Å². The summed E-state index contributed by atoms with van der Waals surface area (Å²) in [6, 6.07) is 0.692. The third-order valence-electron chi connectivity index (χ3n) is 3.19. The molecule has 0 aliphatic carbocycles. The Bertz CT molecular complexity index is 301. The third kappa shape index (κ3) is 5.17. The van der Waals surface area contributed by atoms with Crippen LogP contribution in [0.4, 0.5) is 0 Å². The average molecular weight is 254 g/mol. The lowest BCUT2D eigenvalue weighted by Gasteiger charge is -2.15. The Hall–Kier alpha value is -0.410. The lowest BCUT2D eigenvalue weighted by atomic mass is 10.1. The number of aryl methyl sites for hydroxylation is 3. The van der Waals surface area contributed by atoms with Gasteiger partial charge in [-0.2, -0.15) is 0 Å². The lowest BCUT2D eigenvalue weighted by Crippen LogP contribution is -2.29. The quantitative estimate of drug-likeness (QED) is 0.762. The molecule has 17 heavy (non-hydrogen) atoms. The second kappa shape index (κ2) is 7.83. The summed E-state index contributed by atoms with van der Waals surface area (Å²) in [6.07, 6.45) is 6.12. The van der Waals surface area contributed by atoms with Crippen molar-refractivity contribution in [1.82, 2.24) is 10.3 Å². The molecular formula is C14H26N2S. The molecule has 0 bridgehead atoms. The molecule has 1 heterocycles. The number of hydrogen-bond acceptors (Lipinski definition) is 3. The standard InChI is InChI=1S/C14H26N2S/c1-5-10-15-13(6-2)8-7-9-14-16-11(3)12(4)17-14/h13,15H,5-10H2,1-4H3. The van der Waals surface area contributed by atoms with Gasteiger partial charge in [0.1, 0.15) is 0 Å². The number of thiazole rings is 1. The van der Waals surface area contributed by atoms with Crippen LogP contribution in [0.15, 0.2) is 0 Å². The first kappa shape index (κ1) is 14.7. The van der Waals surface area contributed by atoms with Crippen LogP contribution < -0.4 is 5.32 Å². The summed E-state index contributed by atoms with van der Waals surface area (Å²) in [6.45, 7) is 9.90. The van der Waals surface area contributed by atoms with Crippen molar-refractivity contribution in [3.05, 3.63) is 15.6 Å². The van der Waals surface area contributed by atoms with Crippen molar-refractivity contribution in [2.45, 2.75) is 65.8 Å². The van der Waals surface area contributed by atoms with Gasteiger partial charge < -0.3 is 5.32 Å². The molecule has 0 radical (unpaired) electrons. The SMILES string of the molecule is CCCNC(CC)CCCc1nc(C)c(C)s1. The summed E-state index contributed by atoms with van der Waals surface area (Å²) in [5.41, 5.74) is 1.21. The molecule has 0 aromatic carbocycles. The van der Waals surface area contributed by atoms with Crippen LogP contribution in [0.5, 0.6) is 0 Å². The van der Waals surface area contributed by atoms with Crippen LogP contribution in [0.2, 0.25) is 0 Å². The third-order valence-corrected chi connectivity index (χ3v) is 4.32. The summed E-state index contributed by atoms with van der Waals surface area (Å²) < 4.78 is 0. The van der Waals surface area contributed by atoms with Gasteiger partial charge in [-0.15, -0.1) is 11.3 Å². The lowest BCUT2D eigenvalue weighted by molar-refractivity contribution is 0.455. The minimum atomic E-state index is 0.692. The molecule has 1 atom stereocenters. The number of nitrogens with one attached hydrogen (secondary N) is 1. The predicted octanol–water partition coefficient (Wildman–Crippen LogP) is 3.86. The number of aromatic nitrogens is 1. The molecule has 1 unspecified atom stereocenters. The van der Waals surface area contributed by atoms with Crippen molar-refractivity contribution < 1.29 is 0 Å². The van der Waals surface area contributed by atoms with Crippen LogP contribution in [0.3, 0.4) is 0 Å². The van der Waals surface area contributed by atoms with E-state index in [1.165, 1.54) is 41.3 Å². The molecule has 0 amide bonds. The van der Waals surface area contributed by atoms with E-state index in [9.17, 15) is 0 Å². The Morgan fingerprint density at radius 3 is 2.59 bits per heavy atom.